The van der Waals surface area contributed by atoms with Crippen molar-refractivity contribution in [3.8, 4) is 0 Å². The van der Waals surface area contributed by atoms with Crippen LogP contribution in [0.1, 0.15) is 71.6 Å². The smallest absolute Gasteiger partial charge is 0.342 e. The molecular formula is C23H34O5. The van der Waals surface area contributed by atoms with Crippen LogP contribution in [0, 0.1) is 11.8 Å². The van der Waals surface area contributed by atoms with Gasteiger partial charge in [-0.1, -0.05) is 50.8 Å². The quantitative estimate of drug-likeness (QED) is 0.396. The molecule has 28 heavy (non-hydrogen) atoms. The van der Waals surface area contributed by atoms with Gasteiger partial charge in [0.1, 0.15) is 5.60 Å². The third-order valence-corrected chi connectivity index (χ3v) is 7.36. The standard InChI is InChI=1S/C23H34O5/c1-3-4-5-6-7-8-9-10-19-15(2)11-18-17-12-16(24)13-22(17)14-20(25)23(18,27-19)21(26)28-22/h9-11,16-20,24-25H,3-8,12-14H2,1-2H3/b10-9+/t16-,17+,18-,19-,20?,22?,23?/m1/s1. The monoisotopic (exact) mass is 390 g/mol. The van der Waals surface area contributed by atoms with E-state index in [4.69, 9.17) is 9.47 Å². The average Bonchev–Trinajstić information content (AvgIpc) is 2.96. The van der Waals surface area contributed by atoms with Gasteiger partial charge in [-0.25, -0.2) is 4.79 Å². The molecule has 0 aromatic carbocycles. The fourth-order valence-electron chi connectivity index (χ4n) is 5.95. The number of carbonyl (C=O) groups excluding carboxylic acids is 1. The van der Waals surface area contributed by atoms with Crippen LogP contribution >= 0.6 is 0 Å². The Bertz CT molecular complexity index is 670. The zero-order chi connectivity index (χ0) is 19.9. The highest BCUT2D eigenvalue weighted by atomic mass is 16.6. The number of carbonyl (C=O) groups is 1. The average molecular weight is 391 g/mol. The molecule has 5 aliphatic rings. The minimum absolute atomic E-state index is 0.0158. The molecule has 2 spiro atoms. The summed E-state index contributed by atoms with van der Waals surface area (Å²) in [6.07, 6.45) is 13.2. The van der Waals surface area contributed by atoms with Gasteiger partial charge in [0.2, 0.25) is 0 Å². The molecule has 0 radical (unpaired) electrons. The fraction of sp³-hybridized carbons (Fsp3) is 0.783. The summed E-state index contributed by atoms with van der Waals surface area (Å²) in [5.74, 6) is -0.668. The number of rotatable bonds is 7. The molecule has 0 amide bonds. The van der Waals surface area contributed by atoms with Crippen molar-refractivity contribution in [1.29, 1.82) is 0 Å². The summed E-state index contributed by atoms with van der Waals surface area (Å²) in [6.45, 7) is 4.25. The van der Waals surface area contributed by atoms with Gasteiger partial charge in [-0.2, -0.15) is 0 Å². The number of hydrogen-bond donors (Lipinski definition) is 2. The van der Waals surface area contributed by atoms with Crippen LogP contribution in [0.2, 0.25) is 0 Å². The number of aliphatic hydroxyl groups is 2. The van der Waals surface area contributed by atoms with Crippen LogP contribution in [-0.2, 0) is 14.3 Å². The molecule has 2 N–H and O–H groups in total. The lowest BCUT2D eigenvalue weighted by Gasteiger charge is -2.60. The van der Waals surface area contributed by atoms with Crippen molar-refractivity contribution in [3.63, 3.8) is 0 Å². The molecule has 2 saturated heterocycles. The molecule has 2 bridgehead atoms. The van der Waals surface area contributed by atoms with Gasteiger partial charge in [0.15, 0.2) is 5.60 Å². The summed E-state index contributed by atoms with van der Waals surface area (Å²) < 4.78 is 12.2. The molecule has 7 atom stereocenters. The molecule has 0 aromatic rings. The number of fused-ring (bicyclic) bond motifs is 2. The van der Waals surface area contributed by atoms with Gasteiger partial charge in [-0.15, -0.1) is 0 Å². The van der Waals surface area contributed by atoms with E-state index in [0.717, 1.165) is 18.4 Å². The molecule has 156 valence electrons. The first-order valence-electron chi connectivity index (χ1n) is 11.1. The third-order valence-electron chi connectivity index (χ3n) is 7.36. The molecule has 5 nitrogen and oxygen atoms in total. The largest absolute Gasteiger partial charge is 0.456 e. The van der Waals surface area contributed by atoms with E-state index in [0.29, 0.717) is 19.3 Å². The van der Waals surface area contributed by atoms with Gasteiger partial charge in [0.05, 0.1) is 18.3 Å². The first-order valence-corrected chi connectivity index (χ1v) is 11.1. The van der Waals surface area contributed by atoms with E-state index in [1.165, 1.54) is 25.7 Å². The van der Waals surface area contributed by atoms with E-state index in [9.17, 15) is 15.0 Å². The lowest BCUT2D eigenvalue weighted by Crippen LogP contribution is -2.75. The van der Waals surface area contributed by atoms with Crippen LogP contribution in [-0.4, -0.2) is 45.7 Å². The van der Waals surface area contributed by atoms with Gasteiger partial charge >= 0.3 is 5.97 Å². The zero-order valence-electron chi connectivity index (χ0n) is 17.1. The Morgan fingerprint density at radius 2 is 2.00 bits per heavy atom. The summed E-state index contributed by atoms with van der Waals surface area (Å²) in [6, 6.07) is 0. The molecule has 2 saturated carbocycles. The summed E-state index contributed by atoms with van der Waals surface area (Å²) in [5.41, 5.74) is -0.989. The third kappa shape index (κ3) is 3.06. The number of unbranched alkanes of at least 4 members (excludes halogenated alkanes) is 5. The van der Waals surface area contributed by atoms with E-state index in [1.807, 2.05) is 13.0 Å². The summed E-state index contributed by atoms with van der Waals surface area (Å²) in [5, 5.41) is 21.1. The van der Waals surface area contributed by atoms with Crippen LogP contribution in [0.4, 0.5) is 0 Å². The Morgan fingerprint density at radius 1 is 1.21 bits per heavy atom. The van der Waals surface area contributed by atoms with E-state index in [2.05, 4.69) is 19.1 Å². The molecule has 5 heteroatoms. The highest BCUT2D eigenvalue weighted by molar-refractivity contribution is 5.85. The topological polar surface area (TPSA) is 76.0 Å². The van der Waals surface area contributed by atoms with Gasteiger partial charge in [0, 0.05) is 24.7 Å². The van der Waals surface area contributed by atoms with E-state index in [-0.39, 0.29) is 17.9 Å². The number of hydrogen-bond acceptors (Lipinski definition) is 5. The maximum atomic E-state index is 13.0. The van der Waals surface area contributed by atoms with Crippen LogP contribution < -0.4 is 0 Å². The van der Waals surface area contributed by atoms with Crippen molar-refractivity contribution >= 4 is 5.97 Å². The Hall–Kier alpha value is -1.17. The fourth-order valence-corrected chi connectivity index (χ4v) is 5.95. The van der Waals surface area contributed by atoms with Gasteiger partial charge in [0.25, 0.3) is 0 Å². The molecule has 0 aromatic heterocycles. The Labute approximate surface area is 167 Å². The maximum absolute atomic E-state index is 13.0. The molecule has 2 aliphatic carbocycles. The van der Waals surface area contributed by atoms with Crippen molar-refractivity contribution in [3.05, 3.63) is 23.8 Å². The SMILES string of the molecule is CCCCCCC/C=C/[C@H]1OC23C(=O)OC4(CC2O)C[C@H](O)C[C@H]4[C@H]3C=C1C. The Kier molecular flexibility index (Phi) is 5.45. The van der Waals surface area contributed by atoms with E-state index in [1.54, 1.807) is 0 Å². The second-order valence-corrected chi connectivity index (χ2v) is 9.27. The number of ether oxygens (including phenoxy) is 2. The first kappa shape index (κ1) is 20.1. The predicted octanol–water partition coefficient (Wildman–Crippen LogP) is 3.43. The van der Waals surface area contributed by atoms with Gasteiger partial charge in [-0.05, 0) is 31.8 Å². The molecular weight excluding hydrogens is 356 g/mol. The maximum Gasteiger partial charge on any atom is 0.342 e. The summed E-state index contributed by atoms with van der Waals surface area (Å²) >= 11 is 0. The van der Waals surface area contributed by atoms with Crippen LogP contribution in [0.25, 0.3) is 0 Å². The van der Waals surface area contributed by atoms with Gasteiger partial charge in [-0.3, -0.25) is 0 Å². The summed E-state index contributed by atoms with van der Waals surface area (Å²) in [7, 11) is 0. The van der Waals surface area contributed by atoms with Crippen LogP contribution in [0.5, 0.6) is 0 Å². The number of esters is 1. The van der Waals surface area contributed by atoms with Crippen molar-refractivity contribution in [1.82, 2.24) is 0 Å². The highest BCUT2D eigenvalue weighted by Gasteiger charge is 2.74. The number of aliphatic hydroxyl groups excluding tert-OH is 2. The van der Waals surface area contributed by atoms with Crippen molar-refractivity contribution < 1.29 is 24.5 Å². The first-order chi connectivity index (χ1) is 13.4. The van der Waals surface area contributed by atoms with Crippen LogP contribution in [0.3, 0.4) is 0 Å². The second-order valence-electron chi connectivity index (χ2n) is 9.27. The van der Waals surface area contributed by atoms with E-state index < -0.39 is 29.4 Å². The van der Waals surface area contributed by atoms with Crippen molar-refractivity contribution in [2.24, 2.45) is 11.8 Å². The Morgan fingerprint density at radius 3 is 2.75 bits per heavy atom. The zero-order valence-corrected chi connectivity index (χ0v) is 17.1. The second kappa shape index (κ2) is 7.58. The molecule has 3 aliphatic heterocycles. The van der Waals surface area contributed by atoms with Crippen molar-refractivity contribution in [2.45, 2.75) is 101 Å². The minimum Gasteiger partial charge on any atom is -0.456 e. The lowest BCUT2D eigenvalue weighted by atomic mass is 9.57. The van der Waals surface area contributed by atoms with E-state index >= 15 is 0 Å². The lowest BCUT2D eigenvalue weighted by molar-refractivity contribution is -0.290. The molecule has 3 unspecified atom stereocenters. The Balaban J connectivity index is 1.51. The van der Waals surface area contributed by atoms with Gasteiger partial charge < -0.3 is 19.7 Å². The molecule has 5 rings (SSSR count). The summed E-state index contributed by atoms with van der Waals surface area (Å²) in [4.78, 5) is 13.0. The molecule has 4 fully saturated rings. The number of allylic oxidation sites excluding steroid dienone is 1. The predicted molar refractivity (Wildman–Crippen MR) is 106 cm³/mol. The minimum atomic E-state index is -1.33. The normalized spacial score (nSPS) is 44.4. The van der Waals surface area contributed by atoms with Crippen LogP contribution in [0.15, 0.2) is 23.8 Å². The molecule has 3 heterocycles. The van der Waals surface area contributed by atoms with Crippen molar-refractivity contribution in [2.75, 3.05) is 0 Å². The highest BCUT2D eigenvalue weighted by Crippen LogP contribution is 2.61.